The molecule has 3 heterocycles. The molecule has 1 aromatic carbocycles. The van der Waals surface area contributed by atoms with Crippen LogP contribution in [0, 0.1) is 17.6 Å². The predicted molar refractivity (Wildman–Crippen MR) is 110 cm³/mol. The van der Waals surface area contributed by atoms with Gasteiger partial charge in [0.15, 0.2) is 11.6 Å². The second kappa shape index (κ2) is 9.31. The van der Waals surface area contributed by atoms with Crippen LogP contribution in [0.2, 0.25) is 0 Å². The quantitative estimate of drug-likeness (QED) is 0.559. The molecule has 3 aromatic rings. The summed E-state index contributed by atoms with van der Waals surface area (Å²) in [6.07, 6.45) is 0.859. The third kappa shape index (κ3) is 4.68. The maximum absolute atomic E-state index is 14.8. The van der Waals surface area contributed by atoms with Crippen LogP contribution in [0.4, 0.5) is 27.9 Å². The fourth-order valence-corrected chi connectivity index (χ4v) is 3.97. The topological polar surface area (TPSA) is 88.8 Å². The molecule has 2 atom stereocenters. The molecule has 1 N–H and O–H groups in total. The minimum absolute atomic E-state index is 0.00934. The number of benzene rings is 1. The molecule has 2 aromatic heterocycles. The number of likely N-dealkylation sites (tertiary alicyclic amines) is 1. The van der Waals surface area contributed by atoms with Crippen molar-refractivity contribution in [2.24, 2.45) is 5.92 Å². The van der Waals surface area contributed by atoms with Gasteiger partial charge in [-0.25, -0.2) is 18.7 Å². The van der Waals surface area contributed by atoms with Gasteiger partial charge < -0.3 is 10.2 Å². The van der Waals surface area contributed by atoms with E-state index in [2.05, 4.69) is 25.5 Å². The number of carbonyl (C=O) groups is 1. The molecule has 34 heavy (non-hydrogen) atoms. The molecule has 8 nitrogen and oxygen atoms in total. The Morgan fingerprint density at radius 3 is 2.47 bits per heavy atom. The zero-order valence-electron chi connectivity index (χ0n) is 17.9. The summed E-state index contributed by atoms with van der Waals surface area (Å²) in [7, 11) is 0. The summed E-state index contributed by atoms with van der Waals surface area (Å²) in [5.74, 6) is -3.32. The van der Waals surface area contributed by atoms with Gasteiger partial charge in [-0.05, 0) is 30.9 Å². The number of amides is 1. The van der Waals surface area contributed by atoms with Crippen LogP contribution in [0.5, 0.6) is 0 Å². The van der Waals surface area contributed by atoms with Gasteiger partial charge in [0, 0.05) is 25.5 Å². The summed E-state index contributed by atoms with van der Waals surface area (Å²) in [6, 6.07) is 1.64. The van der Waals surface area contributed by atoms with Crippen LogP contribution in [-0.4, -0.2) is 54.9 Å². The van der Waals surface area contributed by atoms with Crippen LogP contribution < -0.4 is 5.32 Å². The smallest absolute Gasteiger partial charge is 0.352 e. The lowest BCUT2D eigenvalue weighted by Gasteiger charge is -2.40. The molecule has 1 saturated heterocycles. The fourth-order valence-electron chi connectivity index (χ4n) is 3.97. The van der Waals surface area contributed by atoms with Crippen molar-refractivity contribution >= 4 is 11.9 Å². The highest BCUT2D eigenvalue weighted by Gasteiger charge is 2.36. The van der Waals surface area contributed by atoms with Crippen molar-refractivity contribution in [3.05, 3.63) is 59.7 Å². The first-order valence-corrected chi connectivity index (χ1v) is 10.5. The summed E-state index contributed by atoms with van der Waals surface area (Å²) in [5, 5.41) is 10.7. The summed E-state index contributed by atoms with van der Waals surface area (Å²) in [5.41, 5.74) is -1.49. The van der Waals surface area contributed by atoms with E-state index >= 15 is 0 Å². The first-order valence-electron chi connectivity index (χ1n) is 10.5. The number of hydrogen-bond acceptors (Lipinski definition) is 6. The van der Waals surface area contributed by atoms with E-state index in [1.807, 2.05) is 6.92 Å². The molecule has 0 radical (unpaired) electrons. The molecule has 1 amide bonds. The zero-order valence-corrected chi connectivity index (χ0v) is 17.9. The van der Waals surface area contributed by atoms with Crippen molar-refractivity contribution in [2.45, 2.75) is 32.0 Å². The molecule has 1 aliphatic rings. The summed E-state index contributed by atoms with van der Waals surface area (Å²) in [6.45, 7) is 2.28. The number of carbonyl (C=O) groups excluding carboxylic acids is 1. The van der Waals surface area contributed by atoms with Gasteiger partial charge in [0.1, 0.15) is 11.3 Å². The van der Waals surface area contributed by atoms with Gasteiger partial charge in [0.2, 0.25) is 5.95 Å². The molecule has 0 aliphatic carbocycles. The minimum Gasteiger partial charge on any atom is -0.352 e. The molecule has 13 heteroatoms. The first-order chi connectivity index (χ1) is 16.2. The molecule has 0 bridgehead atoms. The van der Waals surface area contributed by atoms with Crippen molar-refractivity contribution in [2.75, 3.05) is 18.4 Å². The van der Waals surface area contributed by atoms with Gasteiger partial charge in [-0.15, -0.1) is 0 Å². The third-order valence-corrected chi connectivity index (χ3v) is 5.75. The maximum Gasteiger partial charge on any atom is 0.419 e. The molecule has 0 saturated carbocycles. The maximum atomic E-state index is 14.8. The Labute approximate surface area is 190 Å². The van der Waals surface area contributed by atoms with Crippen LogP contribution in [-0.2, 0) is 6.18 Å². The summed E-state index contributed by atoms with van der Waals surface area (Å²) < 4.78 is 67.1. The van der Waals surface area contributed by atoms with Crippen molar-refractivity contribution in [1.29, 1.82) is 0 Å². The van der Waals surface area contributed by atoms with E-state index < -0.39 is 40.9 Å². The van der Waals surface area contributed by atoms with E-state index in [4.69, 9.17) is 0 Å². The van der Waals surface area contributed by atoms with E-state index in [0.29, 0.717) is 18.8 Å². The van der Waals surface area contributed by atoms with Crippen LogP contribution in [0.25, 0.3) is 5.69 Å². The molecule has 1 fully saturated rings. The van der Waals surface area contributed by atoms with Crippen molar-refractivity contribution in [3.63, 3.8) is 0 Å². The average Bonchev–Trinajstić information content (AvgIpc) is 3.34. The van der Waals surface area contributed by atoms with Crippen LogP contribution in [0.1, 0.15) is 35.7 Å². The zero-order chi connectivity index (χ0) is 24.5. The largest absolute Gasteiger partial charge is 0.419 e. The van der Waals surface area contributed by atoms with Gasteiger partial charge in [-0.2, -0.15) is 28.2 Å². The van der Waals surface area contributed by atoms with Crippen LogP contribution in [0.3, 0.4) is 0 Å². The lowest BCUT2D eigenvalue weighted by atomic mass is 9.90. The van der Waals surface area contributed by atoms with E-state index in [9.17, 15) is 26.7 Å². The number of aromatic nitrogens is 5. The second-order valence-corrected chi connectivity index (χ2v) is 7.93. The number of nitrogens with zero attached hydrogens (tertiary/aromatic N) is 6. The molecular formula is C21H20F5N7O. The van der Waals surface area contributed by atoms with E-state index in [-0.39, 0.29) is 30.6 Å². The highest BCUT2D eigenvalue weighted by Crippen LogP contribution is 2.30. The predicted octanol–water partition coefficient (Wildman–Crippen LogP) is 3.71. The number of alkyl halides is 3. The fraction of sp³-hybridized carbons (Fsp3) is 0.381. The Morgan fingerprint density at radius 2 is 1.82 bits per heavy atom. The van der Waals surface area contributed by atoms with E-state index in [1.54, 1.807) is 0 Å². The minimum atomic E-state index is -4.56. The highest BCUT2D eigenvalue weighted by molar-refractivity contribution is 5.98. The Kier molecular flexibility index (Phi) is 6.44. The summed E-state index contributed by atoms with van der Waals surface area (Å²) in [4.78, 5) is 23.3. The number of anilines is 1. The van der Waals surface area contributed by atoms with Crippen molar-refractivity contribution in [3.8, 4) is 5.69 Å². The van der Waals surface area contributed by atoms with Gasteiger partial charge in [0.05, 0.1) is 24.0 Å². The molecule has 1 aliphatic heterocycles. The number of hydrogen-bond donors (Lipinski definition) is 1. The van der Waals surface area contributed by atoms with Gasteiger partial charge >= 0.3 is 6.18 Å². The van der Waals surface area contributed by atoms with Crippen molar-refractivity contribution in [1.82, 2.24) is 29.9 Å². The molecule has 0 spiro atoms. The van der Waals surface area contributed by atoms with Gasteiger partial charge in [-0.3, -0.25) is 4.79 Å². The number of piperidine rings is 1. The number of nitrogens with one attached hydrogen (secondary N) is 1. The second-order valence-electron chi connectivity index (χ2n) is 7.93. The standard InChI is InChI=1S/C21H20F5N7O/c1-12-3-2-8-32(16(12)11-29-20-27-9-13(10-28-20)21(24,25)26)19(34)17-15(33-30-6-7-31-33)5-4-14(22)18(17)23/h4-7,9-10,12,16H,2-3,8,11H2,1H3,(H,27,28,29)/t12-,16?/m1/s1. The van der Waals surface area contributed by atoms with Gasteiger partial charge in [-0.1, -0.05) is 6.92 Å². The van der Waals surface area contributed by atoms with Crippen LogP contribution >= 0.6 is 0 Å². The molecular weight excluding hydrogens is 461 g/mol. The highest BCUT2D eigenvalue weighted by atomic mass is 19.4. The van der Waals surface area contributed by atoms with Gasteiger partial charge in [0.25, 0.3) is 5.91 Å². The van der Waals surface area contributed by atoms with E-state index in [1.165, 1.54) is 23.4 Å². The molecule has 180 valence electrons. The van der Waals surface area contributed by atoms with Crippen molar-refractivity contribution < 1.29 is 26.7 Å². The number of halogens is 5. The Hall–Kier alpha value is -3.64. The SMILES string of the molecule is C[C@@H]1CCCN(C(=O)c2c(-n3nccn3)ccc(F)c2F)C1CNc1ncc(C(F)(F)F)cn1. The third-order valence-electron chi connectivity index (χ3n) is 5.75. The van der Waals surface area contributed by atoms with Crippen LogP contribution in [0.15, 0.2) is 36.9 Å². The lowest BCUT2D eigenvalue weighted by Crippen LogP contribution is -2.51. The summed E-state index contributed by atoms with van der Waals surface area (Å²) >= 11 is 0. The average molecular weight is 481 g/mol. The molecule has 1 unspecified atom stereocenters. The first kappa shape index (κ1) is 23.5. The monoisotopic (exact) mass is 481 g/mol. The van der Waals surface area contributed by atoms with E-state index in [0.717, 1.165) is 17.3 Å². The Balaban J connectivity index is 1.59. The Morgan fingerprint density at radius 1 is 1.15 bits per heavy atom. The number of rotatable bonds is 5. The normalized spacial score (nSPS) is 18.7. The lowest BCUT2D eigenvalue weighted by molar-refractivity contribution is -0.138. The Bertz CT molecular complexity index is 1150. The molecule has 4 rings (SSSR count).